The summed E-state index contributed by atoms with van der Waals surface area (Å²) in [4.78, 5) is 72.8. The molecule has 3 unspecified atom stereocenters. The second kappa shape index (κ2) is 69.6. The fourth-order valence-corrected chi connectivity index (χ4v) is 12.9. The summed E-state index contributed by atoms with van der Waals surface area (Å²) in [5, 5.41) is 10.6. The standard InChI is InChI=1S/C77H146O17P2/c1-6-10-13-16-19-22-25-28-31-34-37-40-43-46-53-58-62-76(81)93-72(66-87-74(79)60-55-50-44-41-38-35-32-29-26-23-20-17-14-11-7-2)68-91-95(83,84)89-64-71(78)65-90-96(85,86)92-69-73(67-88-75(80)61-56-51-48-47-49-54-59-70(5)9-4)94-77(82)63-57-52-45-42-39-36-33-30-27-24-21-18-15-12-8-3/h23,26,29,32,70-73,78H,6-22,24-25,27-28,30-31,33-69H2,1-5H3,(H,83,84)(H,85,86)/b26-23-,32-29-/t70?,71-,72-,73-/m1/s1. The molecule has 566 valence electrons. The Morgan fingerprint density at radius 2 is 0.583 bits per heavy atom. The molecule has 6 atom stereocenters. The van der Waals surface area contributed by atoms with E-state index in [4.69, 9.17) is 37.0 Å². The van der Waals surface area contributed by atoms with E-state index < -0.39 is 97.5 Å². The molecule has 0 spiro atoms. The third-order valence-corrected chi connectivity index (χ3v) is 19.7. The molecule has 0 bridgehead atoms. The highest BCUT2D eigenvalue weighted by atomic mass is 31.2. The predicted molar refractivity (Wildman–Crippen MR) is 391 cm³/mol. The minimum Gasteiger partial charge on any atom is -0.462 e. The first-order valence-electron chi connectivity index (χ1n) is 39.5. The SMILES string of the molecule is CCCCCC/C=C\C=C/CCCCCCCC(=O)OC[C@H](COP(=O)(O)OC[C@@H](O)COP(=O)(O)OC[C@@H](COC(=O)CCCCCCCCC(C)CC)OC(=O)CCCCCCCCCCCCCCCCC)OC(=O)CCCCCCCCCCCCCCCCCC. The first kappa shape index (κ1) is 93.5. The van der Waals surface area contributed by atoms with E-state index in [0.29, 0.717) is 25.7 Å². The molecule has 0 amide bonds. The van der Waals surface area contributed by atoms with Crippen LogP contribution in [0.2, 0.25) is 0 Å². The van der Waals surface area contributed by atoms with E-state index in [1.54, 1.807) is 0 Å². The van der Waals surface area contributed by atoms with E-state index in [0.717, 1.165) is 121 Å². The summed E-state index contributed by atoms with van der Waals surface area (Å²) in [6, 6.07) is 0. The number of esters is 4. The molecule has 0 aromatic heterocycles. The number of carbonyl (C=O) groups is 4. The molecule has 0 rings (SSSR count). The van der Waals surface area contributed by atoms with Crippen molar-refractivity contribution in [1.29, 1.82) is 0 Å². The van der Waals surface area contributed by atoms with Crippen LogP contribution in [-0.2, 0) is 65.4 Å². The van der Waals surface area contributed by atoms with Gasteiger partial charge in [-0.1, -0.05) is 329 Å². The average molecular weight is 1410 g/mol. The van der Waals surface area contributed by atoms with E-state index in [9.17, 15) is 43.2 Å². The van der Waals surface area contributed by atoms with Crippen molar-refractivity contribution in [2.75, 3.05) is 39.6 Å². The maximum Gasteiger partial charge on any atom is 0.472 e. The molecular formula is C77H146O17P2. The van der Waals surface area contributed by atoms with E-state index in [1.807, 2.05) is 0 Å². The highest BCUT2D eigenvalue weighted by Crippen LogP contribution is 2.45. The Morgan fingerprint density at radius 1 is 0.333 bits per heavy atom. The fraction of sp³-hybridized carbons (Fsp3) is 0.896. The zero-order chi connectivity index (χ0) is 70.5. The Morgan fingerprint density at radius 3 is 0.885 bits per heavy atom. The number of ether oxygens (including phenoxy) is 4. The number of hydrogen-bond donors (Lipinski definition) is 3. The third kappa shape index (κ3) is 68.7. The summed E-state index contributed by atoms with van der Waals surface area (Å²) >= 11 is 0. The number of aliphatic hydroxyl groups is 1. The first-order chi connectivity index (χ1) is 46.6. The lowest BCUT2D eigenvalue weighted by Gasteiger charge is -2.21. The van der Waals surface area contributed by atoms with Crippen molar-refractivity contribution in [2.24, 2.45) is 5.92 Å². The summed E-state index contributed by atoms with van der Waals surface area (Å²) < 4.78 is 68.5. The number of carbonyl (C=O) groups excluding carboxylic acids is 4. The van der Waals surface area contributed by atoms with Crippen molar-refractivity contribution >= 4 is 39.5 Å². The van der Waals surface area contributed by atoms with Gasteiger partial charge in [0.1, 0.15) is 19.3 Å². The summed E-state index contributed by atoms with van der Waals surface area (Å²) in [7, 11) is -9.92. The molecule has 0 aliphatic carbocycles. The van der Waals surface area contributed by atoms with Crippen molar-refractivity contribution in [3.05, 3.63) is 24.3 Å². The molecule has 0 aromatic carbocycles. The van der Waals surface area contributed by atoms with Crippen molar-refractivity contribution in [3.63, 3.8) is 0 Å². The average Bonchev–Trinajstić information content (AvgIpc) is 1.28. The number of phosphoric acid groups is 2. The Balaban J connectivity index is 5.29. The number of allylic oxidation sites excluding steroid dienone is 4. The van der Waals surface area contributed by atoms with Crippen LogP contribution in [0.25, 0.3) is 0 Å². The van der Waals surface area contributed by atoms with Crippen molar-refractivity contribution in [1.82, 2.24) is 0 Å². The molecule has 0 fully saturated rings. The molecule has 0 aliphatic rings. The second-order valence-electron chi connectivity index (χ2n) is 27.3. The fourth-order valence-electron chi connectivity index (χ4n) is 11.3. The summed E-state index contributed by atoms with van der Waals surface area (Å²) in [5.74, 6) is -1.41. The number of phosphoric ester groups is 2. The molecule has 0 aliphatic heterocycles. The Bertz CT molecular complexity index is 1940. The van der Waals surface area contributed by atoms with Crippen molar-refractivity contribution in [3.8, 4) is 0 Å². The van der Waals surface area contributed by atoms with Gasteiger partial charge in [-0.2, -0.15) is 0 Å². The van der Waals surface area contributed by atoms with Gasteiger partial charge in [0.2, 0.25) is 0 Å². The molecule has 96 heavy (non-hydrogen) atoms. The topological polar surface area (TPSA) is 237 Å². The van der Waals surface area contributed by atoms with Gasteiger partial charge in [0.15, 0.2) is 12.2 Å². The monoisotopic (exact) mass is 1410 g/mol. The smallest absolute Gasteiger partial charge is 0.462 e. The minimum absolute atomic E-state index is 0.102. The Kier molecular flexibility index (Phi) is 67.8. The van der Waals surface area contributed by atoms with Crippen LogP contribution in [0.15, 0.2) is 24.3 Å². The molecule has 0 radical (unpaired) electrons. The lowest BCUT2D eigenvalue weighted by Crippen LogP contribution is -2.30. The third-order valence-electron chi connectivity index (χ3n) is 17.8. The second-order valence-corrected chi connectivity index (χ2v) is 30.2. The summed E-state index contributed by atoms with van der Waals surface area (Å²) in [6.45, 7) is 7.20. The van der Waals surface area contributed by atoms with Gasteiger partial charge in [0.05, 0.1) is 26.4 Å². The van der Waals surface area contributed by atoms with Gasteiger partial charge in [0.25, 0.3) is 0 Å². The molecule has 0 aromatic rings. The Labute approximate surface area is 586 Å². The van der Waals surface area contributed by atoms with Gasteiger partial charge >= 0.3 is 39.5 Å². The predicted octanol–water partition coefficient (Wildman–Crippen LogP) is 22.4. The number of aliphatic hydroxyl groups excluding tert-OH is 1. The van der Waals surface area contributed by atoms with Gasteiger partial charge < -0.3 is 33.8 Å². The van der Waals surface area contributed by atoms with Crippen molar-refractivity contribution < 1.29 is 80.2 Å². The number of hydrogen-bond acceptors (Lipinski definition) is 15. The van der Waals surface area contributed by atoms with Gasteiger partial charge in [-0.3, -0.25) is 37.3 Å². The largest absolute Gasteiger partial charge is 0.472 e. The van der Waals surface area contributed by atoms with Gasteiger partial charge in [0, 0.05) is 25.7 Å². The Hall–Kier alpha value is -2.46. The van der Waals surface area contributed by atoms with Crippen LogP contribution in [0.4, 0.5) is 0 Å². The van der Waals surface area contributed by atoms with E-state index in [-0.39, 0.29) is 25.7 Å². The number of unbranched alkanes of at least 4 members (excludes halogenated alkanes) is 43. The maximum absolute atomic E-state index is 13.1. The molecule has 0 saturated carbocycles. The molecule has 0 saturated heterocycles. The van der Waals surface area contributed by atoms with Crippen LogP contribution in [0.1, 0.15) is 381 Å². The van der Waals surface area contributed by atoms with Crippen LogP contribution in [0.3, 0.4) is 0 Å². The van der Waals surface area contributed by atoms with Crippen molar-refractivity contribution in [2.45, 2.75) is 400 Å². The zero-order valence-electron chi connectivity index (χ0n) is 62.0. The molecule has 17 nitrogen and oxygen atoms in total. The summed E-state index contributed by atoms with van der Waals surface area (Å²) in [5.41, 5.74) is 0. The van der Waals surface area contributed by atoms with Gasteiger partial charge in [-0.25, -0.2) is 9.13 Å². The quantitative estimate of drug-likeness (QED) is 0.0169. The maximum atomic E-state index is 13.1. The van der Waals surface area contributed by atoms with Crippen LogP contribution < -0.4 is 0 Å². The van der Waals surface area contributed by atoms with Gasteiger partial charge in [-0.05, 0) is 57.3 Å². The lowest BCUT2D eigenvalue weighted by atomic mass is 10.00. The van der Waals surface area contributed by atoms with Crippen LogP contribution in [0.5, 0.6) is 0 Å². The highest BCUT2D eigenvalue weighted by molar-refractivity contribution is 7.47. The van der Waals surface area contributed by atoms with Gasteiger partial charge in [-0.15, -0.1) is 0 Å². The lowest BCUT2D eigenvalue weighted by molar-refractivity contribution is -0.161. The molecule has 0 heterocycles. The first-order valence-corrected chi connectivity index (χ1v) is 42.5. The molecular weight excluding hydrogens is 1260 g/mol. The molecule has 3 N–H and O–H groups in total. The van der Waals surface area contributed by atoms with E-state index in [1.165, 1.54) is 180 Å². The van der Waals surface area contributed by atoms with E-state index in [2.05, 4.69) is 58.9 Å². The zero-order valence-corrected chi connectivity index (χ0v) is 63.8. The summed E-state index contributed by atoms with van der Waals surface area (Å²) in [6.07, 6.45) is 61.8. The van der Waals surface area contributed by atoms with Crippen LogP contribution in [-0.4, -0.2) is 96.7 Å². The molecule has 19 heteroatoms. The van der Waals surface area contributed by atoms with Crippen LogP contribution in [0, 0.1) is 5.92 Å². The normalized spacial score (nSPS) is 14.4. The van der Waals surface area contributed by atoms with E-state index >= 15 is 0 Å². The number of rotatable bonds is 75. The minimum atomic E-state index is -4.96. The van der Waals surface area contributed by atoms with Crippen LogP contribution >= 0.6 is 15.6 Å². The highest BCUT2D eigenvalue weighted by Gasteiger charge is 2.30.